The summed E-state index contributed by atoms with van der Waals surface area (Å²) >= 11 is 0. The van der Waals surface area contributed by atoms with Crippen LogP contribution in [0.25, 0.3) is 0 Å². The van der Waals surface area contributed by atoms with Crippen molar-refractivity contribution in [2.75, 3.05) is 13.1 Å². The van der Waals surface area contributed by atoms with E-state index in [-0.39, 0.29) is 17.7 Å². The molecule has 0 saturated carbocycles. The minimum absolute atomic E-state index is 0.103. The van der Waals surface area contributed by atoms with Gasteiger partial charge in [0.1, 0.15) is 0 Å². The molecule has 1 rings (SSSR count). The standard InChI is InChI=1S/C12H20N2O2/c1-4-12(3,5-2)11(16)14-7-9(8-14)6-10(13)15/h4,9H,1,5-8H2,2-3H3,(H2,13,15). The van der Waals surface area contributed by atoms with E-state index in [9.17, 15) is 9.59 Å². The average molecular weight is 224 g/mol. The molecule has 4 heteroatoms. The SMILES string of the molecule is C=CC(C)(CC)C(=O)N1CC(CC(N)=O)C1. The summed E-state index contributed by atoms with van der Waals surface area (Å²) in [5.41, 5.74) is 4.63. The molecular weight excluding hydrogens is 204 g/mol. The fourth-order valence-electron chi connectivity index (χ4n) is 1.89. The lowest BCUT2D eigenvalue weighted by Crippen LogP contribution is -2.54. The topological polar surface area (TPSA) is 63.4 Å². The Bertz CT molecular complexity index is 308. The van der Waals surface area contributed by atoms with E-state index >= 15 is 0 Å². The van der Waals surface area contributed by atoms with Gasteiger partial charge < -0.3 is 10.6 Å². The van der Waals surface area contributed by atoms with Gasteiger partial charge in [-0.2, -0.15) is 0 Å². The van der Waals surface area contributed by atoms with Crippen molar-refractivity contribution in [3.8, 4) is 0 Å². The van der Waals surface area contributed by atoms with E-state index in [4.69, 9.17) is 5.73 Å². The van der Waals surface area contributed by atoms with Crippen molar-refractivity contribution < 1.29 is 9.59 Å². The van der Waals surface area contributed by atoms with Gasteiger partial charge in [0.05, 0.1) is 5.41 Å². The lowest BCUT2D eigenvalue weighted by Gasteiger charge is -2.42. The second-order valence-corrected chi connectivity index (χ2v) is 4.72. The van der Waals surface area contributed by atoms with E-state index in [1.807, 2.05) is 13.8 Å². The van der Waals surface area contributed by atoms with Crippen LogP contribution in [0, 0.1) is 11.3 Å². The van der Waals surface area contributed by atoms with Crippen molar-refractivity contribution in [2.24, 2.45) is 17.1 Å². The normalized spacial score (nSPS) is 19.8. The van der Waals surface area contributed by atoms with E-state index in [2.05, 4.69) is 6.58 Å². The number of hydrogen-bond acceptors (Lipinski definition) is 2. The number of nitrogens with zero attached hydrogens (tertiary/aromatic N) is 1. The highest BCUT2D eigenvalue weighted by molar-refractivity contribution is 5.85. The zero-order valence-corrected chi connectivity index (χ0v) is 10.0. The van der Waals surface area contributed by atoms with Gasteiger partial charge in [-0.05, 0) is 13.3 Å². The van der Waals surface area contributed by atoms with Crippen LogP contribution in [0.1, 0.15) is 26.7 Å². The largest absolute Gasteiger partial charge is 0.370 e. The molecule has 0 aromatic rings. The molecule has 1 aliphatic rings. The van der Waals surface area contributed by atoms with Crippen molar-refractivity contribution in [3.63, 3.8) is 0 Å². The summed E-state index contributed by atoms with van der Waals surface area (Å²) in [7, 11) is 0. The van der Waals surface area contributed by atoms with Gasteiger partial charge in [0.15, 0.2) is 0 Å². The first-order chi connectivity index (χ1) is 7.42. The van der Waals surface area contributed by atoms with Gasteiger partial charge in [0.25, 0.3) is 0 Å². The molecule has 1 atom stereocenters. The van der Waals surface area contributed by atoms with E-state index < -0.39 is 5.41 Å². The third-order valence-corrected chi connectivity index (χ3v) is 3.41. The minimum atomic E-state index is -0.475. The van der Waals surface area contributed by atoms with Gasteiger partial charge in [0.2, 0.25) is 11.8 Å². The summed E-state index contributed by atoms with van der Waals surface area (Å²) in [6, 6.07) is 0. The summed E-state index contributed by atoms with van der Waals surface area (Å²) in [6.07, 6.45) is 2.82. The second kappa shape index (κ2) is 4.68. The maximum Gasteiger partial charge on any atom is 0.232 e. The van der Waals surface area contributed by atoms with Crippen LogP contribution in [0.2, 0.25) is 0 Å². The first-order valence-corrected chi connectivity index (χ1v) is 5.64. The molecule has 0 aromatic carbocycles. The molecule has 90 valence electrons. The average Bonchev–Trinajstić information content (AvgIpc) is 2.20. The number of carbonyl (C=O) groups excluding carboxylic acids is 2. The zero-order valence-electron chi connectivity index (χ0n) is 10.0. The molecule has 4 nitrogen and oxygen atoms in total. The molecule has 1 fully saturated rings. The van der Waals surface area contributed by atoms with E-state index in [1.54, 1.807) is 11.0 Å². The molecule has 1 heterocycles. The van der Waals surface area contributed by atoms with Gasteiger partial charge in [-0.1, -0.05) is 13.0 Å². The minimum Gasteiger partial charge on any atom is -0.370 e. The quantitative estimate of drug-likeness (QED) is 0.706. The molecule has 1 saturated heterocycles. The molecule has 2 N–H and O–H groups in total. The lowest BCUT2D eigenvalue weighted by atomic mass is 9.83. The van der Waals surface area contributed by atoms with Crippen LogP contribution in [0.4, 0.5) is 0 Å². The van der Waals surface area contributed by atoms with Gasteiger partial charge in [0, 0.05) is 25.4 Å². The molecular formula is C12H20N2O2. The highest BCUT2D eigenvalue weighted by atomic mass is 16.2. The molecule has 0 bridgehead atoms. The number of hydrogen-bond donors (Lipinski definition) is 1. The van der Waals surface area contributed by atoms with E-state index in [1.165, 1.54) is 0 Å². The maximum atomic E-state index is 12.1. The Morgan fingerprint density at radius 2 is 2.12 bits per heavy atom. The monoisotopic (exact) mass is 224 g/mol. The Labute approximate surface area is 96.5 Å². The van der Waals surface area contributed by atoms with Gasteiger partial charge in [-0.25, -0.2) is 0 Å². The highest BCUT2D eigenvalue weighted by Crippen LogP contribution is 2.30. The number of likely N-dealkylation sites (tertiary alicyclic amines) is 1. The van der Waals surface area contributed by atoms with Crippen molar-refractivity contribution >= 4 is 11.8 Å². The third kappa shape index (κ3) is 2.43. The van der Waals surface area contributed by atoms with Crippen molar-refractivity contribution in [1.29, 1.82) is 0 Å². The summed E-state index contributed by atoms with van der Waals surface area (Å²) in [5.74, 6) is 0.0529. The first-order valence-electron chi connectivity index (χ1n) is 5.64. The zero-order chi connectivity index (χ0) is 12.3. The van der Waals surface area contributed by atoms with Crippen LogP contribution in [0.15, 0.2) is 12.7 Å². The molecule has 0 radical (unpaired) electrons. The highest BCUT2D eigenvalue weighted by Gasteiger charge is 2.38. The number of primary amides is 1. The smallest absolute Gasteiger partial charge is 0.232 e. The van der Waals surface area contributed by atoms with Crippen LogP contribution >= 0.6 is 0 Å². The van der Waals surface area contributed by atoms with Gasteiger partial charge in [-0.3, -0.25) is 9.59 Å². The summed E-state index contributed by atoms with van der Waals surface area (Å²) in [5, 5.41) is 0. The molecule has 0 spiro atoms. The van der Waals surface area contributed by atoms with Crippen LogP contribution in [-0.4, -0.2) is 29.8 Å². The van der Waals surface area contributed by atoms with E-state index in [0.717, 1.165) is 6.42 Å². The van der Waals surface area contributed by atoms with Crippen LogP contribution in [0.5, 0.6) is 0 Å². The van der Waals surface area contributed by atoms with Crippen molar-refractivity contribution in [3.05, 3.63) is 12.7 Å². The first kappa shape index (κ1) is 12.7. The van der Waals surface area contributed by atoms with Gasteiger partial charge >= 0.3 is 0 Å². The number of amides is 2. The Morgan fingerprint density at radius 3 is 2.50 bits per heavy atom. The fraction of sp³-hybridized carbons (Fsp3) is 0.667. The summed E-state index contributed by atoms with van der Waals surface area (Å²) < 4.78 is 0. The van der Waals surface area contributed by atoms with Crippen molar-refractivity contribution in [1.82, 2.24) is 4.90 Å². The predicted octanol–water partition coefficient (Wildman–Crippen LogP) is 0.922. The molecule has 1 unspecified atom stereocenters. The molecule has 1 aliphatic heterocycles. The summed E-state index contributed by atoms with van der Waals surface area (Å²) in [4.78, 5) is 24.5. The van der Waals surface area contributed by atoms with Crippen LogP contribution < -0.4 is 5.73 Å². The fourth-order valence-corrected chi connectivity index (χ4v) is 1.89. The predicted molar refractivity (Wildman–Crippen MR) is 62.5 cm³/mol. The molecule has 0 aliphatic carbocycles. The second-order valence-electron chi connectivity index (χ2n) is 4.72. The Hall–Kier alpha value is -1.32. The van der Waals surface area contributed by atoms with Crippen molar-refractivity contribution in [2.45, 2.75) is 26.7 Å². The Balaban J connectivity index is 2.48. The lowest BCUT2D eigenvalue weighted by molar-refractivity contribution is -0.146. The molecule has 16 heavy (non-hydrogen) atoms. The number of rotatable bonds is 5. The van der Waals surface area contributed by atoms with Crippen LogP contribution in [0.3, 0.4) is 0 Å². The molecule has 2 amide bonds. The summed E-state index contributed by atoms with van der Waals surface area (Å²) in [6.45, 7) is 8.86. The Morgan fingerprint density at radius 1 is 1.56 bits per heavy atom. The van der Waals surface area contributed by atoms with E-state index in [0.29, 0.717) is 19.5 Å². The van der Waals surface area contributed by atoms with Gasteiger partial charge in [-0.15, -0.1) is 6.58 Å². The number of nitrogens with two attached hydrogens (primary N) is 1. The molecule has 0 aromatic heterocycles. The Kier molecular flexibility index (Phi) is 3.73. The third-order valence-electron chi connectivity index (χ3n) is 3.41. The number of carbonyl (C=O) groups is 2. The van der Waals surface area contributed by atoms with Crippen LogP contribution in [-0.2, 0) is 9.59 Å². The maximum absolute atomic E-state index is 12.1.